The number of hydrogen-bond acceptors (Lipinski definition) is 3. The van der Waals surface area contributed by atoms with Gasteiger partial charge in [0.25, 0.3) is 0 Å². The highest BCUT2D eigenvalue weighted by Gasteiger charge is 2.36. The number of nitrogens with one attached hydrogen (secondary N) is 2. The molecule has 1 aromatic heterocycles. The summed E-state index contributed by atoms with van der Waals surface area (Å²) in [6, 6.07) is 0.584. The van der Waals surface area contributed by atoms with E-state index in [0.717, 1.165) is 29.9 Å². The third-order valence-electron chi connectivity index (χ3n) is 3.69. The van der Waals surface area contributed by atoms with Gasteiger partial charge < -0.3 is 15.1 Å². The molecule has 1 aliphatic carbocycles. The zero-order valence-electron chi connectivity index (χ0n) is 13.0. The first-order valence-corrected chi connectivity index (χ1v) is 7.61. The molecular formula is C15H26N4O. The molecule has 0 bridgehead atoms. The van der Waals surface area contributed by atoms with Crippen molar-refractivity contribution in [2.24, 2.45) is 10.9 Å². The number of rotatable bonds is 6. The van der Waals surface area contributed by atoms with E-state index in [-0.39, 0.29) is 0 Å². The number of hydrogen-bond donors (Lipinski definition) is 2. The maximum atomic E-state index is 5.55. The fourth-order valence-electron chi connectivity index (χ4n) is 2.36. The molecule has 2 rings (SSSR count). The second kappa shape index (κ2) is 6.77. The van der Waals surface area contributed by atoms with Gasteiger partial charge in [-0.15, -0.1) is 0 Å². The van der Waals surface area contributed by atoms with Crippen molar-refractivity contribution in [1.82, 2.24) is 15.6 Å². The van der Waals surface area contributed by atoms with Crippen LogP contribution in [0.15, 0.2) is 9.41 Å². The van der Waals surface area contributed by atoms with E-state index >= 15 is 0 Å². The van der Waals surface area contributed by atoms with E-state index in [1.54, 1.807) is 0 Å². The van der Waals surface area contributed by atoms with Crippen LogP contribution in [-0.4, -0.2) is 23.5 Å². The third kappa shape index (κ3) is 3.99. The van der Waals surface area contributed by atoms with Crippen LogP contribution in [0.1, 0.15) is 50.5 Å². The lowest BCUT2D eigenvalue weighted by molar-refractivity contribution is 0.472. The molecule has 112 valence electrons. The average Bonchev–Trinajstić information content (AvgIpc) is 3.05. The van der Waals surface area contributed by atoms with Gasteiger partial charge in [-0.25, -0.2) is 9.98 Å². The molecule has 0 aromatic carbocycles. The minimum Gasteiger partial charge on any atom is -0.444 e. The van der Waals surface area contributed by atoms with Crippen LogP contribution < -0.4 is 10.6 Å². The fraction of sp³-hybridized carbons (Fsp3) is 0.733. The van der Waals surface area contributed by atoms with Crippen molar-refractivity contribution >= 4 is 5.96 Å². The molecular weight excluding hydrogens is 252 g/mol. The summed E-state index contributed by atoms with van der Waals surface area (Å²) < 4.78 is 5.55. The fourth-order valence-corrected chi connectivity index (χ4v) is 2.36. The summed E-state index contributed by atoms with van der Waals surface area (Å²) in [4.78, 5) is 8.90. The molecule has 0 spiro atoms. The van der Waals surface area contributed by atoms with Crippen LogP contribution in [0.25, 0.3) is 0 Å². The topological polar surface area (TPSA) is 62.5 Å². The number of guanidine groups is 1. The Morgan fingerprint density at radius 1 is 1.40 bits per heavy atom. The molecule has 0 aliphatic heterocycles. The predicted octanol–water partition coefficient (Wildman–Crippen LogP) is 2.54. The summed E-state index contributed by atoms with van der Waals surface area (Å²) in [7, 11) is 0. The highest BCUT2D eigenvalue weighted by atomic mass is 16.4. The van der Waals surface area contributed by atoms with Crippen molar-refractivity contribution in [3.63, 3.8) is 0 Å². The van der Waals surface area contributed by atoms with E-state index in [2.05, 4.69) is 34.5 Å². The van der Waals surface area contributed by atoms with Crippen molar-refractivity contribution in [2.75, 3.05) is 6.54 Å². The number of nitrogens with zero attached hydrogens (tertiary/aromatic N) is 2. The minimum atomic E-state index is 0.481. The van der Waals surface area contributed by atoms with Crippen LogP contribution in [0.5, 0.6) is 0 Å². The van der Waals surface area contributed by atoms with E-state index in [0.29, 0.717) is 18.5 Å². The van der Waals surface area contributed by atoms with Gasteiger partial charge >= 0.3 is 0 Å². The van der Waals surface area contributed by atoms with Crippen LogP contribution >= 0.6 is 0 Å². The first-order chi connectivity index (χ1) is 9.63. The highest BCUT2D eigenvalue weighted by molar-refractivity contribution is 5.80. The zero-order valence-corrected chi connectivity index (χ0v) is 13.0. The molecule has 2 N–H and O–H groups in total. The summed E-state index contributed by atoms with van der Waals surface area (Å²) in [5.74, 6) is 3.23. The SMILES string of the molecule is CCCC1CC1NC(=NCc1nc(C)c(C)o1)NCC. The van der Waals surface area contributed by atoms with Crippen LogP contribution in [0.3, 0.4) is 0 Å². The summed E-state index contributed by atoms with van der Waals surface area (Å²) in [5.41, 5.74) is 0.943. The van der Waals surface area contributed by atoms with E-state index in [1.165, 1.54) is 19.3 Å². The van der Waals surface area contributed by atoms with Crippen LogP contribution in [0, 0.1) is 19.8 Å². The molecule has 1 heterocycles. The summed E-state index contributed by atoms with van der Waals surface area (Å²) in [5, 5.41) is 6.77. The van der Waals surface area contributed by atoms with Crippen molar-refractivity contribution in [3.05, 3.63) is 17.3 Å². The lowest BCUT2D eigenvalue weighted by Gasteiger charge is -2.10. The molecule has 2 unspecified atom stereocenters. The van der Waals surface area contributed by atoms with E-state index in [9.17, 15) is 0 Å². The Morgan fingerprint density at radius 2 is 2.20 bits per heavy atom. The van der Waals surface area contributed by atoms with Crippen molar-refractivity contribution in [2.45, 2.75) is 59.5 Å². The van der Waals surface area contributed by atoms with Crippen molar-refractivity contribution in [1.29, 1.82) is 0 Å². The lowest BCUT2D eigenvalue weighted by atomic mass is 10.2. The largest absolute Gasteiger partial charge is 0.444 e. The third-order valence-corrected chi connectivity index (χ3v) is 3.69. The van der Waals surface area contributed by atoms with Gasteiger partial charge in [0, 0.05) is 12.6 Å². The quantitative estimate of drug-likeness (QED) is 0.620. The molecule has 0 saturated heterocycles. The van der Waals surface area contributed by atoms with Gasteiger partial charge in [-0.3, -0.25) is 0 Å². The summed E-state index contributed by atoms with van der Waals surface area (Å²) in [6.45, 7) is 9.54. The Kier molecular flexibility index (Phi) is 5.04. The number of aryl methyl sites for hydroxylation is 2. The molecule has 1 aromatic rings. The minimum absolute atomic E-state index is 0.481. The monoisotopic (exact) mass is 278 g/mol. The summed E-state index contributed by atoms with van der Waals surface area (Å²) >= 11 is 0. The zero-order chi connectivity index (χ0) is 14.5. The van der Waals surface area contributed by atoms with Gasteiger partial charge in [-0.05, 0) is 39.5 Å². The van der Waals surface area contributed by atoms with Crippen molar-refractivity contribution < 1.29 is 4.42 Å². The molecule has 0 amide bonds. The number of aliphatic imine (C=N–C) groups is 1. The molecule has 0 radical (unpaired) electrons. The normalized spacial score (nSPS) is 21.9. The van der Waals surface area contributed by atoms with E-state index in [4.69, 9.17) is 4.42 Å². The predicted molar refractivity (Wildman–Crippen MR) is 80.7 cm³/mol. The molecule has 1 aliphatic rings. The average molecular weight is 278 g/mol. The van der Waals surface area contributed by atoms with E-state index in [1.807, 2.05) is 13.8 Å². The Labute approximate surface area is 121 Å². The van der Waals surface area contributed by atoms with Gasteiger partial charge in [0.05, 0.1) is 5.69 Å². The Morgan fingerprint density at radius 3 is 2.80 bits per heavy atom. The molecule has 5 heteroatoms. The van der Waals surface area contributed by atoms with Gasteiger partial charge in [-0.2, -0.15) is 0 Å². The number of aromatic nitrogens is 1. The van der Waals surface area contributed by atoms with Crippen LogP contribution in [-0.2, 0) is 6.54 Å². The van der Waals surface area contributed by atoms with Gasteiger partial charge in [0.15, 0.2) is 5.96 Å². The molecule has 2 atom stereocenters. The van der Waals surface area contributed by atoms with Gasteiger partial charge in [0.2, 0.25) is 5.89 Å². The lowest BCUT2D eigenvalue weighted by Crippen LogP contribution is -2.39. The maximum absolute atomic E-state index is 5.55. The maximum Gasteiger partial charge on any atom is 0.216 e. The Hall–Kier alpha value is -1.52. The van der Waals surface area contributed by atoms with Gasteiger partial charge in [0.1, 0.15) is 12.3 Å². The Bertz CT molecular complexity index is 447. The first-order valence-electron chi connectivity index (χ1n) is 7.61. The smallest absolute Gasteiger partial charge is 0.216 e. The Balaban J connectivity index is 1.89. The summed E-state index contributed by atoms with van der Waals surface area (Å²) in [6.07, 6.45) is 3.82. The second-order valence-electron chi connectivity index (χ2n) is 5.48. The number of oxazole rings is 1. The second-order valence-corrected chi connectivity index (χ2v) is 5.48. The highest BCUT2D eigenvalue weighted by Crippen LogP contribution is 2.34. The molecule has 20 heavy (non-hydrogen) atoms. The van der Waals surface area contributed by atoms with E-state index < -0.39 is 0 Å². The van der Waals surface area contributed by atoms with Gasteiger partial charge in [-0.1, -0.05) is 13.3 Å². The van der Waals surface area contributed by atoms with Crippen LogP contribution in [0.4, 0.5) is 0 Å². The van der Waals surface area contributed by atoms with Crippen LogP contribution in [0.2, 0.25) is 0 Å². The molecule has 1 fully saturated rings. The molecule has 5 nitrogen and oxygen atoms in total. The standard InChI is InChI=1S/C15H26N4O/c1-5-7-12-8-13(12)19-15(16-6-2)17-9-14-18-10(3)11(4)20-14/h12-13H,5-9H2,1-4H3,(H2,16,17,19). The van der Waals surface area contributed by atoms with Crippen molar-refractivity contribution in [3.8, 4) is 0 Å². The molecule has 1 saturated carbocycles. The first kappa shape index (κ1) is 14.9.